The quantitative estimate of drug-likeness (QED) is 0.190. The maximum absolute atomic E-state index is 11.5. The van der Waals surface area contributed by atoms with Crippen LogP contribution in [0.5, 0.6) is 5.75 Å². The number of aryl methyl sites for hydroxylation is 2. The molecule has 0 bridgehead atoms. The molecule has 3 heterocycles. The zero-order chi connectivity index (χ0) is 44.1. The van der Waals surface area contributed by atoms with Crippen molar-refractivity contribution in [3.8, 4) is 39.5 Å². The molecule has 0 amide bonds. The second kappa shape index (κ2) is 13.5. The van der Waals surface area contributed by atoms with E-state index in [0.717, 1.165) is 39.2 Å². The number of aromatic hydroxyl groups is 1. The third-order valence-electron chi connectivity index (χ3n) is 12.5. The summed E-state index contributed by atoms with van der Waals surface area (Å²) in [7, 11) is 0. The summed E-state index contributed by atoms with van der Waals surface area (Å²) in [5.74, 6) is 1.34. The van der Waals surface area contributed by atoms with E-state index in [2.05, 4.69) is 149 Å². The molecule has 5 heteroatoms. The highest BCUT2D eigenvalue weighted by Crippen LogP contribution is 2.54. The van der Waals surface area contributed by atoms with E-state index in [0.29, 0.717) is 22.9 Å². The third-order valence-corrected chi connectivity index (χ3v) is 12.5. The molecule has 7 rings (SSSR count). The molecule has 6 aromatic rings. The van der Waals surface area contributed by atoms with Crippen LogP contribution in [0.4, 0.5) is 17.2 Å². The minimum Gasteiger partial charge on any atom is -0.507 e. The lowest BCUT2D eigenvalue weighted by atomic mass is 9.66. The van der Waals surface area contributed by atoms with E-state index in [4.69, 9.17) is 14.1 Å². The lowest BCUT2D eigenvalue weighted by Crippen LogP contribution is -2.48. The van der Waals surface area contributed by atoms with Crippen molar-refractivity contribution >= 4 is 17.2 Å². The highest BCUT2D eigenvalue weighted by Gasteiger charge is 2.48. The van der Waals surface area contributed by atoms with Gasteiger partial charge in [0.2, 0.25) is 0 Å². The number of nitrogens with zero attached hydrogens (tertiary/aromatic N) is 4. The van der Waals surface area contributed by atoms with E-state index >= 15 is 0 Å². The van der Waals surface area contributed by atoms with Crippen molar-refractivity contribution in [2.24, 2.45) is 0 Å². The maximum atomic E-state index is 11.5. The van der Waals surface area contributed by atoms with Crippen LogP contribution in [0.3, 0.4) is 0 Å². The molecule has 2 aromatic heterocycles. The minimum absolute atomic E-state index is 0.0985. The van der Waals surface area contributed by atoms with E-state index in [1.807, 2.05) is 42.4 Å². The number of hydrogen-bond acceptors (Lipinski definition) is 4. The number of imidazole rings is 1. The lowest BCUT2D eigenvalue weighted by Gasteiger charge is -2.48. The number of rotatable bonds is 5. The molecule has 0 radical (unpaired) electrons. The summed E-state index contributed by atoms with van der Waals surface area (Å²) >= 11 is 0. The van der Waals surface area contributed by atoms with Crippen LogP contribution >= 0.6 is 0 Å². The highest BCUT2D eigenvalue weighted by molar-refractivity contribution is 5.85. The predicted octanol–water partition coefficient (Wildman–Crippen LogP) is 14.0. The summed E-state index contributed by atoms with van der Waals surface area (Å²) in [5.41, 5.74) is 10.4. The van der Waals surface area contributed by atoms with Crippen LogP contribution < -0.4 is 4.90 Å². The van der Waals surface area contributed by atoms with Gasteiger partial charge in [-0.25, -0.2) is 4.98 Å². The first kappa shape index (κ1) is 36.2. The van der Waals surface area contributed by atoms with Crippen molar-refractivity contribution in [1.82, 2.24) is 14.5 Å². The molecule has 0 spiro atoms. The smallest absolute Gasteiger partial charge is 0.156 e. The van der Waals surface area contributed by atoms with Crippen molar-refractivity contribution in [3.05, 3.63) is 131 Å². The number of phenolic OH excluding ortho intramolecular Hbond substituents is 1. The van der Waals surface area contributed by atoms with Crippen LogP contribution in [0.1, 0.15) is 128 Å². The monoisotopic (exact) mass is 762 g/mol. The van der Waals surface area contributed by atoms with E-state index in [-0.39, 0.29) is 27.6 Å². The zero-order valence-corrected chi connectivity index (χ0v) is 36.5. The van der Waals surface area contributed by atoms with Gasteiger partial charge in [0.15, 0.2) is 5.82 Å². The molecule has 0 saturated carbocycles. The van der Waals surface area contributed by atoms with E-state index in [1.54, 1.807) is 12.1 Å². The Labute approximate surface area is 346 Å². The van der Waals surface area contributed by atoms with Crippen molar-refractivity contribution < 1.29 is 9.22 Å². The highest BCUT2D eigenvalue weighted by atomic mass is 16.3. The molecule has 1 N–H and O–H groups in total. The van der Waals surface area contributed by atoms with Crippen LogP contribution in [0.15, 0.2) is 97.3 Å². The van der Waals surface area contributed by atoms with Gasteiger partial charge in [-0.15, -0.1) is 0 Å². The molecule has 57 heavy (non-hydrogen) atoms. The van der Waals surface area contributed by atoms with Gasteiger partial charge in [-0.2, -0.15) is 0 Å². The standard InChI is InChI=1S/C52H62N4O/c1-32-19-16-20-33(2)46(32)56(43-31-55-47(54-43)45-40(23-18-24-42(45)57)51(12,13)52(55,14)15)37-28-35(27-36(30-37)48(3,4)5)41-29-34(25-26-53-41)44-38(49(6,7)8)21-17-22-39(44)50(9,10)11/h16-31,57H,1-15H3/i1D3. The molecular weight excluding hydrogens is 697 g/mol. The van der Waals surface area contributed by atoms with Gasteiger partial charge in [0.1, 0.15) is 11.6 Å². The number of phenols is 1. The number of hydrogen-bond donors (Lipinski definition) is 1. The topological polar surface area (TPSA) is 54.2 Å². The number of aromatic nitrogens is 3. The lowest BCUT2D eigenvalue weighted by molar-refractivity contribution is 0.195. The summed E-state index contributed by atoms with van der Waals surface area (Å²) in [4.78, 5) is 12.4. The second-order valence-corrected chi connectivity index (χ2v) is 20.2. The number of para-hydroxylation sites is 1. The molecule has 4 aromatic carbocycles. The maximum Gasteiger partial charge on any atom is 0.156 e. The minimum atomic E-state index is -2.42. The third kappa shape index (κ3) is 6.77. The Morgan fingerprint density at radius 3 is 1.96 bits per heavy atom. The van der Waals surface area contributed by atoms with E-state index < -0.39 is 17.8 Å². The van der Waals surface area contributed by atoms with Crippen LogP contribution in [0.25, 0.3) is 33.8 Å². The van der Waals surface area contributed by atoms with Crippen molar-refractivity contribution in [2.75, 3.05) is 4.90 Å². The summed E-state index contributed by atoms with van der Waals surface area (Å²) in [6.45, 7) is 28.5. The zero-order valence-electron chi connectivity index (χ0n) is 39.5. The van der Waals surface area contributed by atoms with Crippen LogP contribution in [-0.2, 0) is 27.2 Å². The number of pyridine rings is 1. The molecule has 0 saturated heterocycles. The predicted molar refractivity (Wildman–Crippen MR) is 241 cm³/mol. The largest absolute Gasteiger partial charge is 0.507 e. The van der Waals surface area contributed by atoms with Gasteiger partial charge in [0.25, 0.3) is 0 Å². The Hall–Kier alpha value is -5.16. The number of anilines is 3. The van der Waals surface area contributed by atoms with Gasteiger partial charge in [0.05, 0.1) is 16.9 Å². The first-order chi connectivity index (χ1) is 27.6. The van der Waals surface area contributed by atoms with Crippen LogP contribution in [0.2, 0.25) is 0 Å². The summed E-state index contributed by atoms with van der Waals surface area (Å²) in [5, 5.41) is 11.5. The van der Waals surface area contributed by atoms with Crippen LogP contribution in [0, 0.1) is 13.8 Å². The van der Waals surface area contributed by atoms with Crippen molar-refractivity contribution in [2.45, 2.75) is 131 Å². The van der Waals surface area contributed by atoms with E-state index in [9.17, 15) is 5.11 Å². The molecule has 296 valence electrons. The van der Waals surface area contributed by atoms with Gasteiger partial charge in [-0.05, 0) is 125 Å². The summed E-state index contributed by atoms with van der Waals surface area (Å²) in [6, 6.07) is 28.6. The van der Waals surface area contributed by atoms with Crippen LogP contribution in [-0.4, -0.2) is 19.6 Å². The van der Waals surface area contributed by atoms with Gasteiger partial charge in [-0.1, -0.05) is 125 Å². The second-order valence-electron chi connectivity index (χ2n) is 20.2. The SMILES string of the molecule is [2H]C([2H])([2H])c1cccc(C)c1N(c1cc(-c2cc(-c3c(C(C)(C)C)cccc3C(C)(C)C)ccn2)cc(C(C)(C)C)c1)c1cn2c(n1)-c1c(O)cccc1C(C)(C)C2(C)C. The van der Waals surface area contributed by atoms with Gasteiger partial charge < -0.3 is 9.67 Å². The normalized spacial score (nSPS) is 15.9. The average Bonchev–Trinajstić information content (AvgIpc) is 3.59. The number of fused-ring (bicyclic) bond motifs is 3. The Kier molecular flexibility index (Phi) is 8.55. The Balaban J connectivity index is 1.55. The molecule has 1 aliphatic rings. The van der Waals surface area contributed by atoms with Gasteiger partial charge >= 0.3 is 0 Å². The Bertz CT molecular complexity index is 2590. The number of benzene rings is 4. The fourth-order valence-electron chi connectivity index (χ4n) is 8.51. The Morgan fingerprint density at radius 2 is 1.33 bits per heavy atom. The molecule has 0 atom stereocenters. The fourth-order valence-corrected chi connectivity index (χ4v) is 8.51. The average molecular weight is 762 g/mol. The van der Waals surface area contributed by atoms with Crippen molar-refractivity contribution in [3.63, 3.8) is 0 Å². The molecule has 0 unspecified atom stereocenters. The molecule has 0 fully saturated rings. The molecule has 1 aliphatic heterocycles. The molecule has 5 nitrogen and oxygen atoms in total. The van der Waals surface area contributed by atoms with Gasteiger partial charge in [0, 0.05) is 38.7 Å². The first-order valence-corrected chi connectivity index (χ1v) is 20.2. The van der Waals surface area contributed by atoms with Crippen molar-refractivity contribution in [1.29, 1.82) is 0 Å². The fraction of sp³-hybridized carbons (Fsp3) is 0.385. The van der Waals surface area contributed by atoms with Gasteiger partial charge in [-0.3, -0.25) is 9.88 Å². The Morgan fingerprint density at radius 1 is 0.702 bits per heavy atom. The molecule has 0 aliphatic carbocycles. The summed E-state index contributed by atoms with van der Waals surface area (Å²) < 4.78 is 28.5. The summed E-state index contributed by atoms with van der Waals surface area (Å²) in [6.07, 6.45) is 3.94. The first-order valence-electron chi connectivity index (χ1n) is 21.7. The molecular formula is C52H62N4O. The van der Waals surface area contributed by atoms with E-state index in [1.165, 1.54) is 16.7 Å².